The van der Waals surface area contributed by atoms with Crippen LogP contribution in [0.4, 0.5) is 11.8 Å². The zero-order chi connectivity index (χ0) is 14.7. The summed E-state index contributed by atoms with van der Waals surface area (Å²) in [5.41, 5.74) is 3.33. The molecule has 1 heterocycles. The number of nitrogens with two attached hydrogens (primary N) is 1. The van der Waals surface area contributed by atoms with Crippen LogP contribution in [0.1, 0.15) is 25.7 Å². The van der Waals surface area contributed by atoms with Gasteiger partial charge in [-0.1, -0.05) is 25.0 Å². The Hall–Kier alpha value is -1.92. The van der Waals surface area contributed by atoms with Crippen molar-refractivity contribution in [2.24, 2.45) is 11.8 Å². The number of para-hydroxylation sites is 1. The SMILES string of the molecule is NNc1nc(NCC2CCCCC2O)c2ccccc2n1. The van der Waals surface area contributed by atoms with Crippen molar-refractivity contribution in [1.29, 1.82) is 0 Å². The lowest BCUT2D eigenvalue weighted by Crippen LogP contribution is -2.30. The predicted octanol–water partition coefficient (Wildman–Crippen LogP) is 1.88. The van der Waals surface area contributed by atoms with E-state index >= 15 is 0 Å². The van der Waals surface area contributed by atoms with Gasteiger partial charge >= 0.3 is 0 Å². The fourth-order valence-corrected chi connectivity index (χ4v) is 2.93. The second-order valence-corrected chi connectivity index (χ2v) is 5.55. The summed E-state index contributed by atoms with van der Waals surface area (Å²) in [5.74, 6) is 6.85. The Morgan fingerprint density at radius 2 is 2.00 bits per heavy atom. The van der Waals surface area contributed by atoms with E-state index in [2.05, 4.69) is 20.7 Å². The molecule has 5 N–H and O–H groups in total. The monoisotopic (exact) mass is 287 g/mol. The van der Waals surface area contributed by atoms with Gasteiger partial charge in [-0.25, -0.2) is 10.8 Å². The fourth-order valence-electron chi connectivity index (χ4n) is 2.93. The first-order valence-electron chi connectivity index (χ1n) is 7.43. The number of hydrazine groups is 1. The lowest BCUT2D eigenvalue weighted by molar-refractivity contribution is 0.0763. The van der Waals surface area contributed by atoms with Gasteiger partial charge in [0.05, 0.1) is 11.6 Å². The van der Waals surface area contributed by atoms with Crippen molar-refractivity contribution in [3.05, 3.63) is 24.3 Å². The lowest BCUT2D eigenvalue weighted by Gasteiger charge is -2.28. The van der Waals surface area contributed by atoms with Crippen molar-refractivity contribution in [3.8, 4) is 0 Å². The van der Waals surface area contributed by atoms with Crippen LogP contribution in [-0.4, -0.2) is 27.7 Å². The molecule has 6 heteroatoms. The van der Waals surface area contributed by atoms with E-state index in [9.17, 15) is 5.11 Å². The molecule has 0 bridgehead atoms. The first-order chi connectivity index (χ1) is 10.3. The van der Waals surface area contributed by atoms with Gasteiger partial charge in [-0.15, -0.1) is 0 Å². The Balaban J connectivity index is 1.82. The van der Waals surface area contributed by atoms with Gasteiger partial charge < -0.3 is 10.4 Å². The second-order valence-electron chi connectivity index (χ2n) is 5.55. The number of fused-ring (bicyclic) bond motifs is 1. The highest BCUT2D eigenvalue weighted by Gasteiger charge is 2.23. The van der Waals surface area contributed by atoms with E-state index in [0.29, 0.717) is 12.5 Å². The van der Waals surface area contributed by atoms with E-state index in [0.717, 1.165) is 36.0 Å². The molecule has 6 nitrogen and oxygen atoms in total. The highest BCUT2D eigenvalue weighted by molar-refractivity contribution is 5.89. The highest BCUT2D eigenvalue weighted by Crippen LogP contribution is 2.26. The van der Waals surface area contributed by atoms with Crippen LogP contribution in [-0.2, 0) is 0 Å². The van der Waals surface area contributed by atoms with E-state index in [1.165, 1.54) is 6.42 Å². The Kier molecular flexibility index (Phi) is 4.17. The van der Waals surface area contributed by atoms with Gasteiger partial charge in [0, 0.05) is 17.8 Å². The number of hydrogen-bond acceptors (Lipinski definition) is 6. The molecule has 1 saturated carbocycles. The molecule has 2 atom stereocenters. The molecule has 1 aromatic carbocycles. The second kappa shape index (κ2) is 6.24. The van der Waals surface area contributed by atoms with Crippen molar-refractivity contribution < 1.29 is 5.11 Å². The minimum atomic E-state index is -0.216. The molecule has 0 amide bonds. The Morgan fingerprint density at radius 1 is 1.19 bits per heavy atom. The molecule has 21 heavy (non-hydrogen) atoms. The average molecular weight is 287 g/mol. The van der Waals surface area contributed by atoms with Gasteiger partial charge in [0.25, 0.3) is 0 Å². The largest absolute Gasteiger partial charge is 0.393 e. The maximum atomic E-state index is 10.1. The average Bonchev–Trinajstić information content (AvgIpc) is 2.53. The number of anilines is 2. The smallest absolute Gasteiger partial charge is 0.239 e. The van der Waals surface area contributed by atoms with Crippen LogP contribution in [0.3, 0.4) is 0 Å². The molecule has 0 spiro atoms. The van der Waals surface area contributed by atoms with E-state index < -0.39 is 0 Å². The first-order valence-corrected chi connectivity index (χ1v) is 7.43. The van der Waals surface area contributed by atoms with Gasteiger partial charge in [0.1, 0.15) is 5.82 Å². The molecule has 2 unspecified atom stereocenters. The minimum Gasteiger partial charge on any atom is -0.393 e. The summed E-state index contributed by atoms with van der Waals surface area (Å²) in [5, 5.41) is 14.4. The Morgan fingerprint density at radius 3 is 2.81 bits per heavy atom. The van der Waals surface area contributed by atoms with E-state index in [-0.39, 0.29) is 12.0 Å². The van der Waals surface area contributed by atoms with Crippen molar-refractivity contribution in [2.75, 3.05) is 17.3 Å². The van der Waals surface area contributed by atoms with Crippen molar-refractivity contribution in [2.45, 2.75) is 31.8 Å². The topological polar surface area (TPSA) is 96.1 Å². The summed E-state index contributed by atoms with van der Waals surface area (Å²) in [6, 6.07) is 7.81. The molecule has 2 aromatic rings. The van der Waals surface area contributed by atoms with Crippen LogP contribution >= 0.6 is 0 Å². The molecule has 0 radical (unpaired) electrons. The van der Waals surface area contributed by atoms with Crippen LogP contribution in [0.5, 0.6) is 0 Å². The molecule has 1 fully saturated rings. The number of benzene rings is 1. The van der Waals surface area contributed by atoms with Gasteiger partial charge in [0.2, 0.25) is 5.95 Å². The summed E-state index contributed by atoms with van der Waals surface area (Å²) in [4.78, 5) is 8.72. The maximum absolute atomic E-state index is 10.1. The molecule has 1 aromatic heterocycles. The molecule has 0 aliphatic heterocycles. The summed E-state index contributed by atoms with van der Waals surface area (Å²) < 4.78 is 0. The number of hydrogen-bond donors (Lipinski definition) is 4. The molecule has 3 rings (SSSR count). The lowest BCUT2D eigenvalue weighted by atomic mass is 9.86. The fraction of sp³-hybridized carbons (Fsp3) is 0.467. The number of nitrogen functional groups attached to an aromatic ring is 1. The molecular formula is C15H21N5O. The minimum absolute atomic E-state index is 0.216. The number of aliphatic hydroxyl groups is 1. The number of nitrogens with one attached hydrogen (secondary N) is 2. The van der Waals surface area contributed by atoms with Gasteiger partial charge in [-0.05, 0) is 25.0 Å². The summed E-state index contributed by atoms with van der Waals surface area (Å²) in [7, 11) is 0. The molecule has 0 saturated heterocycles. The van der Waals surface area contributed by atoms with Crippen molar-refractivity contribution in [3.63, 3.8) is 0 Å². The third-order valence-electron chi connectivity index (χ3n) is 4.13. The van der Waals surface area contributed by atoms with Crippen LogP contribution < -0.4 is 16.6 Å². The zero-order valence-electron chi connectivity index (χ0n) is 11.9. The van der Waals surface area contributed by atoms with Crippen LogP contribution in [0.25, 0.3) is 10.9 Å². The summed E-state index contributed by atoms with van der Waals surface area (Å²) >= 11 is 0. The van der Waals surface area contributed by atoms with Crippen LogP contribution in [0.2, 0.25) is 0 Å². The Labute approximate surface area is 123 Å². The van der Waals surface area contributed by atoms with E-state index in [1.54, 1.807) is 0 Å². The normalized spacial score (nSPS) is 22.2. The van der Waals surface area contributed by atoms with Crippen LogP contribution in [0.15, 0.2) is 24.3 Å². The number of aromatic nitrogens is 2. The molecular weight excluding hydrogens is 266 g/mol. The number of rotatable bonds is 4. The summed E-state index contributed by atoms with van der Waals surface area (Å²) in [6.07, 6.45) is 4.04. The Bertz CT molecular complexity index is 618. The molecule has 1 aliphatic carbocycles. The summed E-state index contributed by atoms with van der Waals surface area (Å²) in [6.45, 7) is 0.714. The van der Waals surface area contributed by atoms with E-state index in [1.807, 2.05) is 24.3 Å². The van der Waals surface area contributed by atoms with Crippen molar-refractivity contribution >= 4 is 22.7 Å². The van der Waals surface area contributed by atoms with E-state index in [4.69, 9.17) is 5.84 Å². The third kappa shape index (κ3) is 3.06. The number of aliphatic hydroxyl groups excluding tert-OH is 1. The maximum Gasteiger partial charge on any atom is 0.239 e. The molecule has 112 valence electrons. The third-order valence-corrected chi connectivity index (χ3v) is 4.13. The van der Waals surface area contributed by atoms with Gasteiger partial charge in [-0.2, -0.15) is 4.98 Å². The zero-order valence-corrected chi connectivity index (χ0v) is 11.9. The van der Waals surface area contributed by atoms with Gasteiger partial charge in [0.15, 0.2) is 0 Å². The predicted molar refractivity (Wildman–Crippen MR) is 83.8 cm³/mol. The number of nitrogens with zero attached hydrogens (tertiary/aromatic N) is 2. The van der Waals surface area contributed by atoms with Gasteiger partial charge in [-0.3, -0.25) is 5.43 Å². The van der Waals surface area contributed by atoms with Crippen molar-refractivity contribution in [1.82, 2.24) is 9.97 Å². The van der Waals surface area contributed by atoms with Crippen LogP contribution in [0, 0.1) is 5.92 Å². The quantitative estimate of drug-likeness (QED) is 0.506. The highest BCUT2D eigenvalue weighted by atomic mass is 16.3. The molecule has 1 aliphatic rings. The first kappa shape index (κ1) is 14.0. The standard InChI is InChI=1S/C15H21N5O/c16-20-15-18-12-7-3-2-6-11(12)14(19-15)17-9-10-5-1-4-8-13(10)21/h2-3,6-7,10,13,21H,1,4-5,8-9,16H2,(H2,17,18,19,20).